The lowest BCUT2D eigenvalue weighted by Gasteiger charge is -2.34. The molecule has 152 valence electrons. The van der Waals surface area contributed by atoms with Crippen LogP contribution in [0.3, 0.4) is 0 Å². The van der Waals surface area contributed by atoms with Gasteiger partial charge in [0.1, 0.15) is 0 Å². The molecule has 7 heteroatoms. The van der Waals surface area contributed by atoms with Crippen molar-refractivity contribution >= 4 is 23.5 Å². The number of rotatable bonds is 4. The van der Waals surface area contributed by atoms with Crippen LogP contribution in [0.25, 0.3) is 0 Å². The van der Waals surface area contributed by atoms with Crippen LogP contribution in [-0.4, -0.2) is 72.8 Å². The molecule has 0 aromatic heterocycles. The van der Waals surface area contributed by atoms with E-state index in [1.807, 2.05) is 34.1 Å². The van der Waals surface area contributed by atoms with E-state index in [4.69, 9.17) is 0 Å². The molecule has 0 unspecified atom stereocenters. The van der Waals surface area contributed by atoms with Crippen molar-refractivity contribution in [1.29, 1.82) is 0 Å². The molecule has 2 aliphatic rings. The molecule has 2 heterocycles. The minimum Gasteiger partial charge on any atom is -0.349 e. The standard InChI is InChI=1S/C21H30N4O3/c1-23(2)19(26)15-16-5-7-18(8-6-16)22-20(27)17-9-13-25(14-10-17)21(28)24-11-3-4-12-24/h5-8,17H,3-4,9-15H2,1-2H3,(H,22,27). The molecule has 28 heavy (non-hydrogen) atoms. The van der Waals surface area contributed by atoms with E-state index >= 15 is 0 Å². The van der Waals surface area contributed by atoms with Gasteiger partial charge in [-0.3, -0.25) is 9.59 Å². The summed E-state index contributed by atoms with van der Waals surface area (Å²) < 4.78 is 0. The molecule has 1 aromatic rings. The largest absolute Gasteiger partial charge is 0.349 e. The first-order chi connectivity index (χ1) is 13.4. The third-order valence-corrected chi connectivity index (χ3v) is 5.59. The monoisotopic (exact) mass is 386 g/mol. The van der Waals surface area contributed by atoms with Crippen molar-refractivity contribution in [3.63, 3.8) is 0 Å². The molecule has 0 spiro atoms. The van der Waals surface area contributed by atoms with Gasteiger partial charge < -0.3 is 20.0 Å². The molecule has 7 nitrogen and oxygen atoms in total. The van der Waals surface area contributed by atoms with Gasteiger partial charge in [0.15, 0.2) is 0 Å². The normalized spacial score (nSPS) is 17.5. The summed E-state index contributed by atoms with van der Waals surface area (Å²) in [5.74, 6) is -0.0185. The van der Waals surface area contributed by atoms with Crippen LogP contribution in [0, 0.1) is 5.92 Å². The smallest absolute Gasteiger partial charge is 0.319 e. The van der Waals surface area contributed by atoms with E-state index in [9.17, 15) is 14.4 Å². The summed E-state index contributed by atoms with van der Waals surface area (Å²) in [4.78, 5) is 42.1. The molecule has 2 fully saturated rings. The van der Waals surface area contributed by atoms with Gasteiger partial charge in [-0.1, -0.05) is 12.1 Å². The number of nitrogens with one attached hydrogen (secondary N) is 1. The molecule has 2 aliphatic heterocycles. The number of carbonyl (C=O) groups excluding carboxylic acids is 3. The summed E-state index contributed by atoms with van der Waals surface area (Å²) in [6, 6.07) is 7.53. The zero-order valence-electron chi connectivity index (χ0n) is 16.8. The fourth-order valence-electron chi connectivity index (χ4n) is 3.72. The second-order valence-electron chi connectivity index (χ2n) is 7.89. The molecule has 3 rings (SSSR count). The molecule has 2 saturated heterocycles. The lowest BCUT2D eigenvalue weighted by Crippen LogP contribution is -2.47. The van der Waals surface area contributed by atoms with E-state index in [0.717, 1.165) is 37.2 Å². The van der Waals surface area contributed by atoms with Gasteiger partial charge in [-0.15, -0.1) is 0 Å². The van der Waals surface area contributed by atoms with Crippen molar-refractivity contribution in [1.82, 2.24) is 14.7 Å². The Morgan fingerprint density at radius 3 is 2.11 bits per heavy atom. The summed E-state index contributed by atoms with van der Waals surface area (Å²) in [6.45, 7) is 2.99. The van der Waals surface area contributed by atoms with E-state index in [2.05, 4.69) is 5.32 Å². The van der Waals surface area contributed by atoms with Crippen LogP contribution in [0.15, 0.2) is 24.3 Å². The van der Waals surface area contributed by atoms with Gasteiger partial charge in [-0.25, -0.2) is 4.79 Å². The maximum atomic E-state index is 12.6. The maximum absolute atomic E-state index is 12.6. The first-order valence-electron chi connectivity index (χ1n) is 10.1. The van der Waals surface area contributed by atoms with Crippen LogP contribution >= 0.6 is 0 Å². The molecule has 0 saturated carbocycles. The molecule has 0 atom stereocenters. The number of benzene rings is 1. The first kappa shape index (κ1) is 20.2. The summed E-state index contributed by atoms with van der Waals surface area (Å²) >= 11 is 0. The van der Waals surface area contributed by atoms with Gasteiger partial charge >= 0.3 is 6.03 Å². The minimum absolute atomic E-state index is 0.00499. The van der Waals surface area contributed by atoms with Crippen LogP contribution in [-0.2, 0) is 16.0 Å². The van der Waals surface area contributed by atoms with Gasteiger partial charge in [0.2, 0.25) is 11.8 Å². The second-order valence-corrected chi connectivity index (χ2v) is 7.89. The van der Waals surface area contributed by atoms with Crippen molar-refractivity contribution in [2.75, 3.05) is 45.6 Å². The number of anilines is 1. The second kappa shape index (κ2) is 9.08. The Morgan fingerprint density at radius 1 is 0.964 bits per heavy atom. The molecule has 1 aromatic carbocycles. The van der Waals surface area contributed by atoms with Crippen LogP contribution in [0.4, 0.5) is 10.5 Å². The van der Waals surface area contributed by atoms with E-state index < -0.39 is 0 Å². The first-order valence-corrected chi connectivity index (χ1v) is 10.1. The van der Waals surface area contributed by atoms with Crippen molar-refractivity contribution in [2.24, 2.45) is 5.92 Å². The van der Waals surface area contributed by atoms with Crippen LogP contribution in [0.1, 0.15) is 31.2 Å². The molecule has 4 amide bonds. The maximum Gasteiger partial charge on any atom is 0.319 e. The van der Waals surface area contributed by atoms with Crippen molar-refractivity contribution < 1.29 is 14.4 Å². The van der Waals surface area contributed by atoms with Gasteiger partial charge in [0.05, 0.1) is 6.42 Å². The van der Waals surface area contributed by atoms with Crippen molar-refractivity contribution in [3.05, 3.63) is 29.8 Å². The Labute approximate surface area is 166 Å². The van der Waals surface area contributed by atoms with E-state index in [1.54, 1.807) is 19.0 Å². The zero-order valence-corrected chi connectivity index (χ0v) is 16.8. The molecule has 0 radical (unpaired) electrons. The van der Waals surface area contributed by atoms with Gasteiger partial charge in [-0.2, -0.15) is 0 Å². The number of amides is 4. The highest BCUT2D eigenvalue weighted by Gasteiger charge is 2.30. The lowest BCUT2D eigenvalue weighted by atomic mass is 9.96. The average Bonchev–Trinajstić information content (AvgIpc) is 3.23. The van der Waals surface area contributed by atoms with Crippen molar-refractivity contribution in [3.8, 4) is 0 Å². The quantitative estimate of drug-likeness (QED) is 0.862. The predicted molar refractivity (Wildman–Crippen MR) is 108 cm³/mol. The summed E-state index contributed by atoms with van der Waals surface area (Å²) in [5, 5.41) is 2.97. The topological polar surface area (TPSA) is 73.0 Å². The molecule has 0 bridgehead atoms. The van der Waals surface area contributed by atoms with Gasteiger partial charge in [-0.05, 0) is 43.4 Å². The van der Waals surface area contributed by atoms with E-state index in [0.29, 0.717) is 32.4 Å². The number of urea groups is 1. The SMILES string of the molecule is CN(C)C(=O)Cc1ccc(NC(=O)C2CCN(C(=O)N3CCCC3)CC2)cc1. The van der Waals surface area contributed by atoms with E-state index in [1.165, 1.54) is 0 Å². The number of likely N-dealkylation sites (N-methyl/N-ethyl adjacent to an activating group) is 1. The summed E-state index contributed by atoms with van der Waals surface area (Å²) in [7, 11) is 3.47. The molecular formula is C21H30N4O3. The third kappa shape index (κ3) is 5.03. The summed E-state index contributed by atoms with van der Waals surface area (Å²) in [5.41, 5.74) is 1.66. The average molecular weight is 386 g/mol. The third-order valence-electron chi connectivity index (χ3n) is 5.59. The Kier molecular flexibility index (Phi) is 6.54. The zero-order chi connectivity index (χ0) is 20.1. The predicted octanol–water partition coefficient (Wildman–Crippen LogP) is 2.18. The highest BCUT2D eigenvalue weighted by atomic mass is 16.2. The minimum atomic E-state index is -0.0716. The number of likely N-dealkylation sites (tertiary alicyclic amines) is 2. The Morgan fingerprint density at radius 2 is 1.54 bits per heavy atom. The molecule has 1 N–H and O–H groups in total. The number of nitrogens with zero attached hydrogens (tertiary/aromatic N) is 3. The van der Waals surface area contributed by atoms with E-state index in [-0.39, 0.29) is 23.8 Å². The fraction of sp³-hybridized carbons (Fsp3) is 0.571. The Bertz CT molecular complexity index is 703. The van der Waals surface area contributed by atoms with Crippen LogP contribution in [0.2, 0.25) is 0 Å². The van der Waals surface area contributed by atoms with Crippen molar-refractivity contribution in [2.45, 2.75) is 32.1 Å². The highest BCUT2D eigenvalue weighted by molar-refractivity contribution is 5.92. The molecular weight excluding hydrogens is 356 g/mol. The van der Waals surface area contributed by atoms with Gasteiger partial charge in [0, 0.05) is 51.9 Å². The van der Waals surface area contributed by atoms with Crippen LogP contribution < -0.4 is 5.32 Å². The van der Waals surface area contributed by atoms with Crippen LogP contribution in [0.5, 0.6) is 0 Å². The highest BCUT2D eigenvalue weighted by Crippen LogP contribution is 2.22. The Balaban J connectivity index is 1.46. The van der Waals surface area contributed by atoms with Gasteiger partial charge in [0.25, 0.3) is 0 Å². The number of hydrogen-bond acceptors (Lipinski definition) is 3. The lowest BCUT2D eigenvalue weighted by molar-refractivity contribution is -0.128. The number of carbonyl (C=O) groups is 3. The Hall–Kier alpha value is -2.57. The number of hydrogen-bond donors (Lipinski definition) is 1. The molecule has 0 aliphatic carbocycles. The summed E-state index contributed by atoms with van der Waals surface area (Å²) in [6.07, 6.45) is 3.92. The number of piperidine rings is 1. The fourth-order valence-corrected chi connectivity index (χ4v) is 3.72.